The molecule has 2 atom stereocenters. The van der Waals surface area contributed by atoms with Gasteiger partial charge in [0, 0.05) is 12.3 Å². The molecule has 1 fully saturated rings. The van der Waals surface area contributed by atoms with Crippen LogP contribution in [0, 0.1) is 0 Å². The molecule has 1 saturated carbocycles. The quantitative estimate of drug-likeness (QED) is 0.818. The molecule has 3 nitrogen and oxygen atoms in total. The van der Waals surface area contributed by atoms with Gasteiger partial charge in [0.05, 0.1) is 17.3 Å². The SMILES string of the molecule is O[C@H]1CCC[C@@H]1Oc1cncc(Cl)c1. The molecule has 0 saturated heterocycles. The minimum Gasteiger partial charge on any atom is -0.486 e. The fraction of sp³-hybridized carbons (Fsp3) is 0.500. The molecule has 0 aliphatic heterocycles. The average Bonchev–Trinajstić information content (AvgIpc) is 2.52. The van der Waals surface area contributed by atoms with Crippen molar-refractivity contribution in [2.45, 2.75) is 31.5 Å². The van der Waals surface area contributed by atoms with Gasteiger partial charge < -0.3 is 9.84 Å². The Hall–Kier alpha value is -0.800. The Morgan fingerprint density at radius 2 is 2.29 bits per heavy atom. The van der Waals surface area contributed by atoms with Crippen molar-refractivity contribution in [3.8, 4) is 5.75 Å². The smallest absolute Gasteiger partial charge is 0.139 e. The Bertz CT molecular complexity index is 319. The second-order valence-corrected chi connectivity index (χ2v) is 3.93. The zero-order valence-corrected chi connectivity index (χ0v) is 8.44. The lowest BCUT2D eigenvalue weighted by molar-refractivity contribution is 0.0602. The van der Waals surface area contributed by atoms with E-state index in [0.717, 1.165) is 19.3 Å². The van der Waals surface area contributed by atoms with E-state index in [1.165, 1.54) is 0 Å². The molecule has 76 valence electrons. The van der Waals surface area contributed by atoms with Gasteiger partial charge in [0.2, 0.25) is 0 Å². The first kappa shape index (κ1) is 9.74. The van der Waals surface area contributed by atoms with Crippen molar-refractivity contribution in [3.05, 3.63) is 23.5 Å². The summed E-state index contributed by atoms with van der Waals surface area (Å²) in [5.74, 6) is 0.628. The van der Waals surface area contributed by atoms with E-state index in [4.69, 9.17) is 16.3 Å². The molecular weight excluding hydrogens is 202 g/mol. The Balaban J connectivity index is 2.03. The molecule has 0 radical (unpaired) electrons. The first-order valence-electron chi connectivity index (χ1n) is 4.71. The maximum Gasteiger partial charge on any atom is 0.139 e. The molecule has 14 heavy (non-hydrogen) atoms. The Morgan fingerprint density at radius 1 is 1.43 bits per heavy atom. The van der Waals surface area contributed by atoms with E-state index in [-0.39, 0.29) is 12.2 Å². The fourth-order valence-corrected chi connectivity index (χ4v) is 1.84. The van der Waals surface area contributed by atoms with E-state index in [1.54, 1.807) is 18.5 Å². The van der Waals surface area contributed by atoms with Crippen molar-refractivity contribution in [1.29, 1.82) is 0 Å². The highest BCUT2D eigenvalue weighted by Crippen LogP contribution is 2.25. The molecule has 1 N–H and O–H groups in total. The number of hydrogen-bond acceptors (Lipinski definition) is 3. The van der Waals surface area contributed by atoms with Crippen LogP contribution < -0.4 is 4.74 Å². The normalized spacial score (nSPS) is 26.4. The highest BCUT2D eigenvalue weighted by atomic mass is 35.5. The van der Waals surface area contributed by atoms with E-state index < -0.39 is 0 Å². The minimum atomic E-state index is -0.353. The number of hydrogen-bond donors (Lipinski definition) is 1. The predicted octanol–water partition coefficient (Wildman–Crippen LogP) is 2.03. The van der Waals surface area contributed by atoms with Crippen molar-refractivity contribution in [1.82, 2.24) is 4.98 Å². The first-order chi connectivity index (χ1) is 6.75. The molecule has 0 spiro atoms. The highest BCUT2D eigenvalue weighted by Gasteiger charge is 2.26. The van der Waals surface area contributed by atoms with Crippen LogP contribution in [0.3, 0.4) is 0 Å². The van der Waals surface area contributed by atoms with Crippen molar-refractivity contribution in [2.24, 2.45) is 0 Å². The van der Waals surface area contributed by atoms with Crippen LogP contribution in [0.15, 0.2) is 18.5 Å². The van der Waals surface area contributed by atoms with Gasteiger partial charge in [-0.15, -0.1) is 0 Å². The molecule has 0 unspecified atom stereocenters. The van der Waals surface area contributed by atoms with Crippen molar-refractivity contribution >= 4 is 11.6 Å². The minimum absolute atomic E-state index is 0.102. The van der Waals surface area contributed by atoms with Crippen molar-refractivity contribution in [2.75, 3.05) is 0 Å². The molecular formula is C10H12ClNO2. The second-order valence-electron chi connectivity index (χ2n) is 3.49. The molecule has 1 aliphatic rings. The second kappa shape index (κ2) is 4.15. The highest BCUT2D eigenvalue weighted by molar-refractivity contribution is 6.30. The van der Waals surface area contributed by atoms with E-state index in [2.05, 4.69) is 4.98 Å². The van der Waals surface area contributed by atoms with Crippen LogP contribution >= 0.6 is 11.6 Å². The van der Waals surface area contributed by atoms with Gasteiger partial charge in [-0.05, 0) is 19.3 Å². The summed E-state index contributed by atoms with van der Waals surface area (Å²) in [4.78, 5) is 3.91. The summed E-state index contributed by atoms with van der Waals surface area (Å²) >= 11 is 5.76. The number of ether oxygens (including phenoxy) is 1. The number of rotatable bonds is 2. The van der Waals surface area contributed by atoms with E-state index in [1.807, 2.05) is 0 Å². The standard InChI is InChI=1S/C10H12ClNO2/c11-7-4-8(6-12-5-7)14-10-3-1-2-9(10)13/h4-6,9-10,13H,1-3H2/t9-,10-/m0/s1. The Kier molecular flexibility index (Phi) is 2.89. The number of aliphatic hydroxyl groups is 1. The third-order valence-corrected chi connectivity index (χ3v) is 2.59. The molecule has 0 bridgehead atoms. The number of halogens is 1. The molecule has 1 aromatic heterocycles. The summed E-state index contributed by atoms with van der Waals surface area (Å²) in [5, 5.41) is 10.1. The van der Waals surface area contributed by atoms with Crippen molar-refractivity contribution < 1.29 is 9.84 Å². The van der Waals surface area contributed by atoms with Gasteiger partial charge in [-0.2, -0.15) is 0 Å². The summed E-state index contributed by atoms with van der Waals surface area (Å²) < 4.78 is 5.57. The zero-order chi connectivity index (χ0) is 9.97. The zero-order valence-electron chi connectivity index (χ0n) is 7.69. The fourth-order valence-electron chi connectivity index (χ4n) is 1.68. The van der Waals surface area contributed by atoms with Crippen LogP contribution in [-0.4, -0.2) is 22.3 Å². The summed E-state index contributed by atoms with van der Waals surface area (Å²) in [7, 11) is 0. The summed E-state index contributed by atoms with van der Waals surface area (Å²) in [5.41, 5.74) is 0. The van der Waals surface area contributed by atoms with Crippen LogP contribution in [-0.2, 0) is 0 Å². The number of aliphatic hydroxyl groups excluding tert-OH is 1. The molecule has 0 amide bonds. The van der Waals surface area contributed by atoms with Crippen LogP contribution in [0.1, 0.15) is 19.3 Å². The van der Waals surface area contributed by atoms with Gasteiger partial charge in [0.15, 0.2) is 0 Å². The average molecular weight is 214 g/mol. The molecule has 0 aromatic carbocycles. The van der Waals surface area contributed by atoms with Gasteiger partial charge in [-0.25, -0.2) is 0 Å². The third-order valence-electron chi connectivity index (χ3n) is 2.38. The molecule has 1 aromatic rings. The summed E-state index contributed by atoms with van der Waals surface area (Å²) in [6.07, 6.45) is 5.44. The lowest BCUT2D eigenvalue weighted by Crippen LogP contribution is -2.25. The van der Waals surface area contributed by atoms with Gasteiger partial charge >= 0.3 is 0 Å². The van der Waals surface area contributed by atoms with Crippen LogP contribution in [0.2, 0.25) is 5.02 Å². The number of aromatic nitrogens is 1. The number of pyridine rings is 1. The lowest BCUT2D eigenvalue weighted by atomic mass is 10.2. The van der Waals surface area contributed by atoms with Crippen LogP contribution in [0.5, 0.6) is 5.75 Å². The summed E-state index contributed by atoms with van der Waals surface area (Å²) in [6, 6.07) is 1.71. The van der Waals surface area contributed by atoms with Crippen molar-refractivity contribution in [3.63, 3.8) is 0 Å². The van der Waals surface area contributed by atoms with E-state index in [9.17, 15) is 5.11 Å². The molecule has 4 heteroatoms. The molecule has 1 aliphatic carbocycles. The summed E-state index contributed by atoms with van der Waals surface area (Å²) in [6.45, 7) is 0. The largest absolute Gasteiger partial charge is 0.486 e. The Morgan fingerprint density at radius 3 is 2.93 bits per heavy atom. The topological polar surface area (TPSA) is 42.4 Å². The first-order valence-corrected chi connectivity index (χ1v) is 5.09. The van der Waals surface area contributed by atoms with Crippen LogP contribution in [0.25, 0.3) is 0 Å². The van der Waals surface area contributed by atoms with Gasteiger partial charge in [0.1, 0.15) is 11.9 Å². The lowest BCUT2D eigenvalue weighted by Gasteiger charge is -2.16. The maximum absolute atomic E-state index is 9.54. The Labute approximate surface area is 87.7 Å². The van der Waals surface area contributed by atoms with E-state index in [0.29, 0.717) is 10.8 Å². The van der Waals surface area contributed by atoms with E-state index >= 15 is 0 Å². The van der Waals surface area contributed by atoms with Gasteiger partial charge in [-0.1, -0.05) is 11.6 Å². The molecule has 1 heterocycles. The third kappa shape index (κ3) is 2.16. The maximum atomic E-state index is 9.54. The number of nitrogens with zero attached hydrogens (tertiary/aromatic N) is 1. The predicted molar refractivity (Wildman–Crippen MR) is 53.5 cm³/mol. The van der Waals surface area contributed by atoms with Gasteiger partial charge in [-0.3, -0.25) is 4.98 Å². The monoisotopic (exact) mass is 213 g/mol. The van der Waals surface area contributed by atoms with Gasteiger partial charge in [0.25, 0.3) is 0 Å². The van der Waals surface area contributed by atoms with Crippen LogP contribution in [0.4, 0.5) is 0 Å². The molecule has 2 rings (SSSR count).